The van der Waals surface area contributed by atoms with Crippen molar-refractivity contribution >= 4 is 0 Å². The highest BCUT2D eigenvalue weighted by atomic mass is 16.8. The highest BCUT2D eigenvalue weighted by molar-refractivity contribution is 4.92. The predicted molar refractivity (Wildman–Crippen MR) is 51.0 cm³/mol. The van der Waals surface area contributed by atoms with Crippen LogP contribution in [0.15, 0.2) is 0 Å². The summed E-state index contributed by atoms with van der Waals surface area (Å²) in [6.45, 7) is 3.68. The van der Waals surface area contributed by atoms with E-state index in [1.165, 1.54) is 0 Å². The molecule has 5 heteroatoms. The first-order valence-corrected chi connectivity index (χ1v) is 5.30. The molecule has 2 fully saturated rings. The topological polar surface area (TPSA) is 68.2 Å². The van der Waals surface area contributed by atoms with Gasteiger partial charge < -0.3 is 24.4 Å². The fourth-order valence-electron chi connectivity index (χ4n) is 2.27. The summed E-state index contributed by atoms with van der Waals surface area (Å²) in [7, 11) is 0. The summed E-state index contributed by atoms with van der Waals surface area (Å²) in [5.41, 5.74) is 0. The Kier molecular flexibility index (Phi) is 3.00. The van der Waals surface area contributed by atoms with E-state index in [-0.39, 0.29) is 31.3 Å². The van der Waals surface area contributed by atoms with E-state index in [1.54, 1.807) is 0 Å². The minimum absolute atomic E-state index is 0.00866. The summed E-state index contributed by atoms with van der Waals surface area (Å²) < 4.78 is 16.8. The molecule has 2 aliphatic rings. The van der Waals surface area contributed by atoms with E-state index in [1.807, 2.05) is 13.8 Å². The Labute approximate surface area is 88.9 Å². The third-order valence-corrected chi connectivity index (χ3v) is 2.92. The van der Waals surface area contributed by atoms with Crippen molar-refractivity contribution in [3.63, 3.8) is 0 Å². The molecule has 0 aromatic carbocycles. The monoisotopic (exact) mass is 218 g/mol. The maximum absolute atomic E-state index is 9.28. The van der Waals surface area contributed by atoms with Gasteiger partial charge in [-0.15, -0.1) is 0 Å². The summed E-state index contributed by atoms with van der Waals surface area (Å²) in [5, 5.41) is 18.1. The van der Waals surface area contributed by atoms with Crippen LogP contribution in [0.3, 0.4) is 0 Å². The maximum atomic E-state index is 9.28. The SMILES string of the molecule is CC1(C)O[C@H]2O[C@H](CCO)[C@@H](CO)[C@H]2O1. The lowest BCUT2D eigenvalue weighted by molar-refractivity contribution is -0.212. The van der Waals surface area contributed by atoms with E-state index in [2.05, 4.69) is 0 Å². The molecule has 4 atom stereocenters. The molecular formula is C10H18O5. The quantitative estimate of drug-likeness (QED) is 0.689. The molecule has 0 unspecified atom stereocenters. The second kappa shape index (κ2) is 3.99. The zero-order chi connectivity index (χ0) is 11.1. The van der Waals surface area contributed by atoms with Gasteiger partial charge >= 0.3 is 0 Å². The van der Waals surface area contributed by atoms with Gasteiger partial charge in [0.1, 0.15) is 6.10 Å². The first kappa shape index (κ1) is 11.3. The molecule has 88 valence electrons. The number of aliphatic hydroxyl groups excluding tert-OH is 2. The first-order valence-electron chi connectivity index (χ1n) is 5.30. The first-order chi connectivity index (χ1) is 7.07. The zero-order valence-electron chi connectivity index (χ0n) is 9.05. The number of rotatable bonds is 3. The molecule has 0 bridgehead atoms. The molecule has 0 spiro atoms. The second-order valence-electron chi connectivity index (χ2n) is 4.50. The van der Waals surface area contributed by atoms with Crippen LogP contribution in [-0.4, -0.2) is 47.7 Å². The molecule has 2 N–H and O–H groups in total. The van der Waals surface area contributed by atoms with Crippen molar-refractivity contribution in [3.05, 3.63) is 0 Å². The number of hydrogen-bond acceptors (Lipinski definition) is 5. The van der Waals surface area contributed by atoms with Gasteiger partial charge in [-0.1, -0.05) is 0 Å². The molecule has 0 aromatic heterocycles. The fourth-order valence-corrected chi connectivity index (χ4v) is 2.27. The van der Waals surface area contributed by atoms with Crippen molar-refractivity contribution in [3.8, 4) is 0 Å². The molecule has 15 heavy (non-hydrogen) atoms. The van der Waals surface area contributed by atoms with Crippen LogP contribution in [0.2, 0.25) is 0 Å². The van der Waals surface area contributed by atoms with Crippen LogP contribution in [0.1, 0.15) is 20.3 Å². The Balaban J connectivity index is 2.04. The molecule has 2 rings (SSSR count). The number of aliphatic hydroxyl groups is 2. The van der Waals surface area contributed by atoms with Crippen molar-refractivity contribution in [1.29, 1.82) is 0 Å². The van der Waals surface area contributed by atoms with Crippen LogP contribution in [0.5, 0.6) is 0 Å². The number of fused-ring (bicyclic) bond motifs is 1. The molecule has 0 amide bonds. The summed E-state index contributed by atoms with van der Waals surface area (Å²) in [4.78, 5) is 0. The molecule has 0 aromatic rings. The predicted octanol–water partition coefficient (Wildman–Crippen LogP) is -0.146. The Morgan fingerprint density at radius 1 is 1.20 bits per heavy atom. The Bertz CT molecular complexity index is 230. The van der Waals surface area contributed by atoms with Crippen LogP contribution in [0.25, 0.3) is 0 Å². The smallest absolute Gasteiger partial charge is 0.187 e. The summed E-state index contributed by atoms with van der Waals surface area (Å²) in [5.74, 6) is -0.753. The van der Waals surface area contributed by atoms with Crippen LogP contribution >= 0.6 is 0 Å². The Hall–Kier alpha value is -0.200. The number of hydrogen-bond donors (Lipinski definition) is 2. The van der Waals surface area contributed by atoms with E-state index >= 15 is 0 Å². The van der Waals surface area contributed by atoms with Gasteiger partial charge in [-0.05, 0) is 20.3 Å². The van der Waals surface area contributed by atoms with Gasteiger partial charge in [0, 0.05) is 12.5 Å². The lowest BCUT2D eigenvalue weighted by Gasteiger charge is -2.24. The van der Waals surface area contributed by atoms with Gasteiger partial charge in [-0.25, -0.2) is 0 Å². The third kappa shape index (κ3) is 2.03. The average Bonchev–Trinajstić information content (AvgIpc) is 2.56. The highest BCUT2D eigenvalue weighted by Gasteiger charge is 2.53. The maximum Gasteiger partial charge on any atom is 0.187 e. The van der Waals surface area contributed by atoms with Crippen molar-refractivity contribution in [2.75, 3.05) is 13.2 Å². The lowest BCUT2D eigenvalue weighted by Crippen LogP contribution is -2.32. The average molecular weight is 218 g/mol. The van der Waals surface area contributed by atoms with E-state index in [0.29, 0.717) is 6.42 Å². The van der Waals surface area contributed by atoms with Crippen molar-refractivity contribution in [2.24, 2.45) is 5.92 Å². The second-order valence-corrected chi connectivity index (χ2v) is 4.50. The van der Waals surface area contributed by atoms with Crippen LogP contribution in [0, 0.1) is 5.92 Å². The molecule has 0 saturated carbocycles. The van der Waals surface area contributed by atoms with Crippen LogP contribution in [-0.2, 0) is 14.2 Å². The minimum atomic E-state index is -0.646. The lowest BCUT2D eigenvalue weighted by atomic mass is 9.97. The van der Waals surface area contributed by atoms with Gasteiger partial charge in [0.15, 0.2) is 12.1 Å². The van der Waals surface area contributed by atoms with Crippen LogP contribution < -0.4 is 0 Å². The highest BCUT2D eigenvalue weighted by Crippen LogP contribution is 2.41. The number of ether oxygens (including phenoxy) is 3. The standard InChI is InChI=1S/C10H18O5/c1-10(2)14-8-6(5-12)7(3-4-11)13-9(8)15-10/h6-9,11-12H,3-5H2,1-2H3/t6-,7-,8-,9-/m1/s1. The summed E-state index contributed by atoms with van der Waals surface area (Å²) in [6.07, 6.45) is -0.299. The van der Waals surface area contributed by atoms with Gasteiger partial charge in [0.25, 0.3) is 0 Å². The molecule has 2 heterocycles. The third-order valence-electron chi connectivity index (χ3n) is 2.92. The Morgan fingerprint density at radius 2 is 1.93 bits per heavy atom. The molecular weight excluding hydrogens is 200 g/mol. The van der Waals surface area contributed by atoms with E-state index in [9.17, 15) is 5.11 Å². The molecule has 2 saturated heterocycles. The van der Waals surface area contributed by atoms with Gasteiger partial charge in [0.2, 0.25) is 0 Å². The van der Waals surface area contributed by atoms with Gasteiger partial charge in [-0.3, -0.25) is 0 Å². The molecule has 5 nitrogen and oxygen atoms in total. The van der Waals surface area contributed by atoms with Crippen molar-refractivity contribution in [1.82, 2.24) is 0 Å². The zero-order valence-corrected chi connectivity index (χ0v) is 9.05. The summed E-state index contributed by atoms with van der Waals surface area (Å²) in [6, 6.07) is 0. The van der Waals surface area contributed by atoms with Crippen molar-refractivity contribution < 1.29 is 24.4 Å². The van der Waals surface area contributed by atoms with E-state index < -0.39 is 12.1 Å². The fraction of sp³-hybridized carbons (Fsp3) is 1.00. The molecule has 0 aliphatic carbocycles. The van der Waals surface area contributed by atoms with Crippen LogP contribution in [0.4, 0.5) is 0 Å². The van der Waals surface area contributed by atoms with E-state index in [4.69, 9.17) is 19.3 Å². The summed E-state index contributed by atoms with van der Waals surface area (Å²) >= 11 is 0. The molecule has 0 radical (unpaired) electrons. The minimum Gasteiger partial charge on any atom is -0.396 e. The molecule has 2 aliphatic heterocycles. The normalized spacial score (nSPS) is 43.2. The van der Waals surface area contributed by atoms with Gasteiger partial charge in [-0.2, -0.15) is 0 Å². The largest absolute Gasteiger partial charge is 0.396 e. The van der Waals surface area contributed by atoms with E-state index in [0.717, 1.165) is 0 Å². The van der Waals surface area contributed by atoms with Gasteiger partial charge in [0.05, 0.1) is 12.7 Å². The Morgan fingerprint density at radius 3 is 2.53 bits per heavy atom. The van der Waals surface area contributed by atoms with Crippen molar-refractivity contribution in [2.45, 2.75) is 44.6 Å².